The molecule has 0 bridgehead atoms. The van der Waals surface area contributed by atoms with E-state index in [4.69, 9.17) is 0 Å². The van der Waals surface area contributed by atoms with Crippen LogP contribution in [-0.2, 0) is 0 Å². The van der Waals surface area contributed by atoms with Crippen molar-refractivity contribution in [3.8, 4) is 0 Å². The average Bonchev–Trinajstić information content (AvgIpc) is 2.58. The molecule has 4 unspecified atom stereocenters. The van der Waals surface area contributed by atoms with Gasteiger partial charge in [0.1, 0.15) is 0 Å². The Bertz CT molecular complexity index is 144. The minimum atomic E-state index is 0.0712. The first kappa shape index (κ1) is 7.60. The van der Waals surface area contributed by atoms with Gasteiger partial charge in [-0.15, -0.1) is 0 Å². The van der Waals surface area contributed by atoms with Crippen molar-refractivity contribution in [3.05, 3.63) is 0 Å². The fourth-order valence-corrected chi connectivity index (χ4v) is 2.85. The van der Waals surface area contributed by atoms with Gasteiger partial charge in [-0.05, 0) is 37.0 Å². The summed E-state index contributed by atoms with van der Waals surface area (Å²) < 4.78 is 0. The highest BCUT2D eigenvalue weighted by Gasteiger charge is 2.56. The van der Waals surface area contributed by atoms with Gasteiger partial charge in [0.05, 0.1) is 6.10 Å². The Morgan fingerprint density at radius 2 is 2.18 bits per heavy atom. The molecule has 4 atom stereocenters. The molecule has 0 radical (unpaired) electrons. The van der Waals surface area contributed by atoms with Gasteiger partial charge in [-0.1, -0.05) is 19.8 Å². The van der Waals surface area contributed by atoms with E-state index >= 15 is 0 Å². The Balaban J connectivity index is 1.76. The average molecular weight is 154 g/mol. The van der Waals surface area contributed by atoms with Gasteiger partial charge in [-0.2, -0.15) is 0 Å². The molecular formula is C10H18O. The van der Waals surface area contributed by atoms with E-state index in [1.165, 1.54) is 25.7 Å². The second-order valence-corrected chi connectivity index (χ2v) is 4.19. The summed E-state index contributed by atoms with van der Waals surface area (Å²) in [4.78, 5) is 0. The molecule has 1 nitrogen and oxygen atoms in total. The van der Waals surface area contributed by atoms with E-state index in [1.807, 2.05) is 0 Å². The number of aliphatic hydroxyl groups is 1. The van der Waals surface area contributed by atoms with Crippen LogP contribution in [-0.4, -0.2) is 11.2 Å². The van der Waals surface area contributed by atoms with Crippen LogP contribution in [0, 0.1) is 17.8 Å². The van der Waals surface area contributed by atoms with Gasteiger partial charge in [0.15, 0.2) is 0 Å². The van der Waals surface area contributed by atoms with Crippen LogP contribution in [0.4, 0.5) is 0 Å². The number of unbranched alkanes of at least 4 members (excludes halogenated alkanes) is 1. The molecule has 2 aliphatic carbocycles. The van der Waals surface area contributed by atoms with Crippen LogP contribution >= 0.6 is 0 Å². The highest BCUT2D eigenvalue weighted by Crippen LogP contribution is 2.59. The van der Waals surface area contributed by atoms with E-state index in [0.717, 1.165) is 24.2 Å². The maximum Gasteiger partial charge on any atom is 0.0574 e. The zero-order valence-corrected chi connectivity index (χ0v) is 7.29. The Morgan fingerprint density at radius 1 is 1.36 bits per heavy atom. The van der Waals surface area contributed by atoms with Crippen LogP contribution in [0.15, 0.2) is 0 Å². The monoisotopic (exact) mass is 154 g/mol. The Kier molecular flexibility index (Phi) is 1.92. The maximum atomic E-state index is 9.51. The minimum absolute atomic E-state index is 0.0712. The zero-order chi connectivity index (χ0) is 7.84. The van der Waals surface area contributed by atoms with Crippen molar-refractivity contribution in [2.75, 3.05) is 0 Å². The third kappa shape index (κ3) is 1.20. The number of fused-ring (bicyclic) bond motifs is 1. The Morgan fingerprint density at radius 3 is 2.73 bits per heavy atom. The van der Waals surface area contributed by atoms with Crippen molar-refractivity contribution in [1.29, 1.82) is 0 Å². The molecule has 2 rings (SSSR count). The minimum Gasteiger partial charge on any atom is -0.393 e. The molecule has 11 heavy (non-hydrogen) atoms. The van der Waals surface area contributed by atoms with E-state index in [1.54, 1.807) is 0 Å². The predicted octanol–water partition coefficient (Wildman–Crippen LogP) is 2.19. The van der Waals surface area contributed by atoms with Gasteiger partial charge >= 0.3 is 0 Å². The summed E-state index contributed by atoms with van der Waals surface area (Å²) in [6.07, 6.45) is 6.51. The molecule has 0 aromatic carbocycles. The van der Waals surface area contributed by atoms with Crippen LogP contribution in [0.2, 0.25) is 0 Å². The van der Waals surface area contributed by atoms with Gasteiger partial charge in [0, 0.05) is 0 Å². The Labute approximate surface area is 68.8 Å². The summed E-state index contributed by atoms with van der Waals surface area (Å²) in [6.45, 7) is 2.24. The topological polar surface area (TPSA) is 20.2 Å². The lowest BCUT2D eigenvalue weighted by atomic mass is 10.0. The highest BCUT2D eigenvalue weighted by molar-refractivity contribution is 5.05. The van der Waals surface area contributed by atoms with Crippen molar-refractivity contribution in [2.24, 2.45) is 17.8 Å². The van der Waals surface area contributed by atoms with E-state index in [2.05, 4.69) is 6.92 Å². The van der Waals surface area contributed by atoms with Crippen molar-refractivity contribution in [3.63, 3.8) is 0 Å². The molecule has 2 saturated carbocycles. The lowest BCUT2D eigenvalue weighted by Gasteiger charge is -2.06. The number of hydrogen-bond donors (Lipinski definition) is 1. The number of hydrogen-bond acceptors (Lipinski definition) is 1. The molecule has 0 heterocycles. The molecule has 1 N–H and O–H groups in total. The predicted molar refractivity (Wildman–Crippen MR) is 45.2 cm³/mol. The van der Waals surface area contributed by atoms with Crippen LogP contribution < -0.4 is 0 Å². The third-order valence-corrected chi connectivity index (χ3v) is 3.53. The SMILES string of the molecule is CCCCC1C2CCC(O)C12. The largest absolute Gasteiger partial charge is 0.393 e. The molecule has 1 heteroatoms. The lowest BCUT2D eigenvalue weighted by Crippen LogP contribution is -2.07. The highest BCUT2D eigenvalue weighted by atomic mass is 16.3. The molecule has 0 aliphatic heterocycles. The first-order valence-corrected chi connectivity index (χ1v) is 5.02. The third-order valence-electron chi connectivity index (χ3n) is 3.53. The second-order valence-electron chi connectivity index (χ2n) is 4.19. The van der Waals surface area contributed by atoms with E-state index < -0.39 is 0 Å². The maximum absolute atomic E-state index is 9.51. The van der Waals surface area contributed by atoms with Crippen LogP contribution in [0.25, 0.3) is 0 Å². The molecule has 0 saturated heterocycles. The molecule has 0 spiro atoms. The molecule has 2 aliphatic rings. The molecule has 64 valence electrons. The van der Waals surface area contributed by atoms with Gasteiger partial charge in [-0.25, -0.2) is 0 Å². The molecular weight excluding hydrogens is 136 g/mol. The fourth-order valence-electron chi connectivity index (χ4n) is 2.85. The van der Waals surface area contributed by atoms with Crippen molar-refractivity contribution < 1.29 is 5.11 Å². The zero-order valence-electron chi connectivity index (χ0n) is 7.29. The Hall–Kier alpha value is -0.0400. The van der Waals surface area contributed by atoms with Crippen molar-refractivity contribution >= 4 is 0 Å². The first-order valence-electron chi connectivity index (χ1n) is 5.02. The summed E-state index contributed by atoms with van der Waals surface area (Å²) in [5.41, 5.74) is 0. The molecule has 0 aromatic heterocycles. The number of rotatable bonds is 3. The van der Waals surface area contributed by atoms with Gasteiger partial charge < -0.3 is 5.11 Å². The second kappa shape index (κ2) is 2.78. The van der Waals surface area contributed by atoms with E-state index in [0.29, 0.717) is 0 Å². The molecule has 0 amide bonds. The normalized spacial score (nSPS) is 47.5. The summed E-state index contributed by atoms with van der Waals surface area (Å²) >= 11 is 0. The summed E-state index contributed by atoms with van der Waals surface area (Å²) in [5, 5.41) is 9.51. The van der Waals surface area contributed by atoms with Crippen LogP contribution in [0.3, 0.4) is 0 Å². The quantitative estimate of drug-likeness (QED) is 0.660. The molecule has 0 aromatic rings. The summed E-state index contributed by atoms with van der Waals surface area (Å²) in [7, 11) is 0. The standard InChI is InChI=1S/C10H18O/c1-2-3-4-7-8-5-6-9(11)10(7)8/h7-11H,2-6H2,1H3. The summed E-state index contributed by atoms with van der Waals surface area (Å²) in [6, 6.07) is 0. The van der Waals surface area contributed by atoms with Gasteiger partial charge in [0.2, 0.25) is 0 Å². The van der Waals surface area contributed by atoms with Crippen molar-refractivity contribution in [1.82, 2.24) is 0 Å². The smallest absolute Gasteiger partial charge is 0.0574 e. The van der Waals surface area contributed by atoms with Crippen molar-refractivity contribution in [2.45, 2.75) is 45.1 Å². The van der Waals surface area contributed by atoms with Crippen LogP contribution in [0.1, 0.15) is 39.0 Å². The van der Waals surface area contributed by atoms with E-state index in [9.17, 15) is 5.11 Å². The fraction of sp³-hybridized carbons (Fsp3) is 1.00. The van der Waals surface area contributed by atoms with E-state index in [-0.39, 0.29) is 6.10 Å². The lowest BCUT2D eigenvalue weighted by molar-refractivity contribution is 0.149. The number of aliphatic hydroxyl groups excluding tert-OH is 1. The van der Waals surface area contributed by atoms with Crippen LogP contribution in [0.5, 0.6) is 0 Å². The summed E-state index contributed by atoms with van der Waals surface area (Å²) in [5.74, 6) is 2.57. The first-order chi connectivity index (χ1) is 5.34. The van der Waals surface area contributed by atoms with Gasteiger partial charge in [0.25, 0.3) is 0 Å². The van der Waals surface area contributed by atoms with Gasteiger partial charge in [-0.3, -0.25) is 0 Å². The molecule has 2 fully saturated rings.